The number of carbonyl (C=O) groups is 1. The van der Waals surface area contributed by atoms with E-state index in [-0.39, 0.29) is 24.6 Å². The number of primary sulfonamides is 1. The smallest absolute Gasteiger partial charge is 0.263 e. The normalized spacial score (nSPS) is 14.8. The molecule has 0 spiro atoms. The monoisotopic (exact) mass is 477 g/mol. The highest BCUT2D eigenvalue weighted by Crippen LogP contribution is 2.42. The van der Waals surface area contributed by atoms with E-state index in [0.717, 1.165) is 5.56 Å². The Morgan fingerprint density at radius 3 is 2.69 bits per heavy atom. The second-order valence-corrected chi connectivity index (χ2v) is 10.0. The molecule has 0 radical (unpaired) electrons. The Morgan fingerprint density at radius 2 is 2.06 bits per heavy atom. The summed E-state index contributed by atoms with van der Waals surface area (Å²) in [7, 11) is -2.28. The van der Waals surface area contributed by atoms with E-state index in [1.807, 2.05) is 0 Å². The van der Waals surface area contributed by atoms with Gasteiger partial charge in [-0.2, -0.15) is 0 Å². The molecule has 1 amide bonds. The van der Waals surface area contributed by atoms with E-state index < -0.39 is 26.2 Å². The van der Waals surface area contributed by atoms with Gasteiger partial charge in [-0.05, 0) is 36.6 Å². The number of aromatic nitrogens is 3. The predicted molar refractivity (Wildman–Crippen MR) is 118 cm³/mol. The lowest BCUT2D eigenvalue weighted by molar-refractivity contribution is 0.0949. The largest absolute Gasteiger partial charge is 0.474 e. The molecule has 3 heterocycles. The molecule has 3 aromatic rings. The van der Waals surface area contributed by atoms with Gasteiger partial charge in [0.1, 0.15) is 27.6 Å². The number of ether oxygens (including phenoxy) is 1. The van der Waals surface area contributed by atoms with E-state index in [2.05, 4.69) is 15.3 Å². The number of aryl methyl sites for hydroxylation is 1. The van der Waals surface area contributed by atoms with Crippen molar-refractivity contribution in [2.24, 2.45) is 12.2 Å². The molecule has 1 saturated carbocycles. The molecule has 10 nitrogen and oxygen atoms in total. The van der Waals surface area contributed by atoms with E-state index in [0.29, 0.717) is 28.9 Å². The van der Waals surface area contributed by atoms with Crippen LogP contribution < -0.4 is 20.8 Å². The first-order valence-electron chi connectivity index (χ1n) is 9.64. The number of rotatable bonds is 7. The first kappa shape index (κ1) is 22.2. The lowest BCUT2D eigenvalue weighted by atomic mass is 10.1. The molecule has 12 heteroatoms. The summed E-state index contributed by atoms with van der Waals surface area (Å²) < 4.78 is 29.4. The fourth-order valence-electron chi connectivity index (χ4n) is 3.31. The third kappa shape index (κ3) is 4.18. The maximum Gasteiger partial charge on any atom is 0.263 e. The molecule has 0 bridgehead atoms. The van der Waals surface area contributed by atoms with Gasteiger partial charge in [0.25, 0.3) is 11.5 Å². The lowest BCUT2D eigenvalue weighted by Gasteiger charge is -2.16. The van der Waals surface area contributed by atoms with Crippen molar-refractivity contribution in [1.82, 2.24) is 19.9 Å². The van der Waals surface area contributed by atoms with Crippen LogP contribution in [0.25, 0.3) is 10.9 Å². The standard InChI is InChI=1S/C20H20ClN5O5S/c1-26-16-13(4-7-23-18(16)31-11-20(5-6-20)32(22,29)30)8-14(19(26)28)17(27)25-10-12-2-3-15(21)24-9-12/h2-4,7-9H,5-6,10-11H2,1H3,(H,25,27)(H2,22,29,30). The summed E-state index contributed by atoms with van der Waals surface area (Å²) in [6.07, 6.45) is 3.80. The minimum atomic E-state index is -3.77. The summed E-state index contributed by atoms with van der Waals surface area (Å²) in [5.74, 6) is -0.455. The summed E-state index contributed by atoms with van der Waals surface area (Å²) in [4.78, 5) is 33.6. The fourth-order valence-corrected chi connectivity index (χ4v) is 4.32. The summed E-state index contributed by atoms with van der Waals surface area (Å²) in [5, 5.41) is 8.87. The van der Waals surface area contributed by atoms with Crippen molar-refractivity contribution in [3.05, 3.63) is 63.3 Å². The van der Waals surface area contributed by atoms with Crippen molar-refractivity contribution in [2.45, 2.75) is 24.1 Å². The zero-order chi connectivity index (χ0) is 23.1. The Bertz CT molecular complexity index is 1370. The van der Waals surface area contributed by atoms with Crippen LogP contribution in [0.4, 0.5) is 0 Å². The van der Waals surface area contributed by atoms with Crippen molar-refractivity contribution >= 4 is 38.4 Å². The van der Waals surface area contributed by atoms with Crippen LogP contribution in [0.1, 0.15) is 28.8 Å². The van der Waals surface area contributed by atoms with Crippen molar-refractivity contribution in [1.29, 1.82) is 0 Å². The Morgan fingerprint density at radius 1 is 1.31 bits per heavy atom. The van der Waals surface area contributed by atoms with Gasteiger partial charge in [0.2, 0.25) is 15.9 Å². The molecular formula is C20H20ClN5O5S. The molecule has 1 aliphatic rings. The summed E-state index contributed by atoms with van der Waals surface area (Å²) >= 11 is 5.76. The minimum Gasteiger partial charge on any atom is -0.474 e. The van der Waals surface area contributed by atoms with Crippen molar-refractivity contribution in [3.63, 3.8) is 0 Å². The minimum absolute atomic E-state index is 0.0535. The topological polar surface area (TPSA) is 146 Å². The molecule has 168 valence electrons. The predicted octanol–water partition coefficient (Wildman–Crippen LogP) is 1.11. The van der Waals surface area contributed by atoms with Crippen LogP contribution in [0, 0.1) is 0 Å². The molecule has 0 unspecified atom stereocenters. The van der Waals surface area contributed by atoms with Crippen LogP contribution in [0.3, 0.4) is 0 Å². The van der Waals surface area contributed by atoms with Crippen LogP contribution in [-0.2, 0) is 23.6 Å². The Kier molecular flexibility index (Phi) is 5.65. The van der Waals surface area contributed by atoms with Crippen molar-refractivity contribution < 1.29 is 17.9 Å². The van der Waals surface area contributed by atoms with Crippen molar-refractivity contribution in [3.8, 4) is 5.88 Å². The number of hydrogen-bond acceptors (Lipinski definition) is 7. The number of nitrogens with two attached hydrogens (primary N) is 1. The molecule has 0 aromatic carbocycles. The number of nitrogens with one attached hydrogen (secondary N) is 1. The van der Waals surface area contributed by atoms with Gasteiger partial charge >= 0.3 is 0 Å². The first-order chi connectivity index (χ1) is 15.1. The van der Waals surface area contributed by atoms with E-state index in [1.165, 1.54) is 30.1 Å². The van der Waals surface area contributed by atoms with Crippen LogP contribution >= 0.6 is 11.6 Å². The van der Waals surface area contributed by atoms with E-state index in [4.69, 9.17) is 21.5 Å². The number of halogens is 1. The highest BCUT2D eigenvalue weighted by atomic mass is 35.5. The number of carbonyl (C=O) groups excluding carboxylic acids is 1. The van der Waals surface area contributed by atoms with Crippen LogP contribution in [0.2, 0.25) is 5.15 Å². The molecule has 1 fully saturated rings. The maximum atomic E-state index is 12.9. The maximum absolute atomic E-state index is 12.9. The van der Waals surface area contributed by atoms with Crippen LogP contribution in [-0.4, -0.2) is 40.2 Å². The third-order valence-electron chi connectivity index (χ3n) is 5.46. The number of fused-ring (bicyclic) bond motifs is 1. The van der Waals surface area contributed by atoms with Crippen LogP contribution in [0.15, 0.2) is 41.5 Å². The number of hydrogen-bond donors (Lipinski definition) is 2. The number of pyridine rings is 3. The van der Waals surface area contributed by atoms with Gasteiger partial charge in [0.05, 0.1) is 0 Å². The van der Waals surface area contributed by atoms with Crippen molar-refractivity contribution in [2.75, 3.05) is 6.61 Å². The van der Waals surface area contributed by atoms with Crippen LogP contribution in [0.5, 0.6) is 5.88 Å². The molecule has 4 rings (SSSR count). The molecule has 3 N–H and O–H groups in total. The summed E-state index contributed by atoms with van der Waals surface area (Å²) in [6, 6.07) is 6.41. The van der Waals surface area contributed by atoms with Gasteiger partial charge in [-0.25, -0.2) is 23.5 Å². The quantitative estimate of drug-likeness (QED) is 0.484. The number of amides is 1. The lowest BCUT2D eigenvalue weighted by Crippen LogP contribution is -2.36. The molecule has 1 aliphatic carbocycles. The average molecular weight is 478 g/mol. The first-order valence-corrected chi connectivity index (χ1v) is 11.6. The van der Waals surface area contributed by atoms with Gasteiger partial charge in [-0.15, -0.1) is 0 Å². The third-order valence-corrected chi connectivity index (χ3v) is 7.42. The SMILES string of the molecule is Cn1c(=O)c(C(=O)NCc2ccc(Cl)nc2)cc2ccnc(OCC3(S(N)(=O)=O)CC3)c21. The van der Waals surface area contributed by atoms with Gasteiger partial charge in [-0.1, -0.05) is 17.7 Å². The Balaban J connectivity index is 1.60. The number of sulfonamides is 1. The molecule has 0 aliphatic heterocycles. The number of nitrogens with zero attached hydrogens (tertiary/aromatic N) is 3. The molecular weight excluding hydrogens is 458 g/mol. The molecule has 32 heavy (non-hydrogen) atoms. The van der Waals surface area contributed by atoms with E-state index in [9.17, 15) is 18.0 Å². The summed E-state index contributed by atoms with van der Waals surface area (Å²) in [5.41, 5.74) is 0.474. The second kappa shape index (κ2) is 8.15. The highest BCUT2D eigenvalue weighted by molar-refractivity contribution is 7.90. The fraction of sp³-hybridized carbons (Fsp3) is 0.300. The van der Waals surface area contributed by atoms with E-state index in [1.54, 1.807) is 18.2 Å². The highest BCUT2D eigenvalue weighted by Gasteiger charge is 2.54. The second-order valence-electron chi connectivity index (χ2n) is 7.66. The zero-order valence-corrected chi connectivity index (χ0v) is 18.6. The van der Waals surface area contributed by atoms with Gasteiger partial charge < -0.3 is 14.6 Å². The molecule has 0 atom stereocenters. The Labute approximate surface area is 188 Å². The van der Waals surface area contributed by atoms with Gasteiger partial charge in [-0.3, -0.25) is 9.59 Å². The Hall–Kier alpha value is -3.02. The molecule has 0 saturated heterocycles. The van der Waals surface area contributed by atoms with Gasteiger partial charge in [0.15, 0.2) is 0 Å². The summed E-state index contributed by atoms with van der Waals surface area (Å²) in [6.45, 7) is 0.00798. The van der Waals surface area contributed by atoms with Gasteiger partial charge in [0, 0.05) is 31.4 Å². The van der Waals surface area contributed by atoms with E-state index >= 15 is 0 Å². The average Bonchev–Trinajstić information content (AvgIpc) is 3.55. The molecule has 3 aromatic heterocycles. The zero-order valence-electron chi connectivity index (χ0n) is 17.0.